The van der Waals surface area contributed by atoms with Crippen LogP contribution in [0.15, 0.2) is 18.3 Å². The molecule has 0 aliphatic carbocycles. The lowest BCUT2D eigenvalue weighted by Gasteiger charge is -2.17. The van der Waals surface area contributed by atoms with E-state index in [1.807, 2.05) is 0 Å². The molecule has 7 heteroatoms. The molecule has 0 N–H and O–H groups in total. The van der Waals surface area contributed by atoms with Crippen molar-refractivity contribution >= 4 is 5.91 Å². The van der Waals surface area contributed by atoms with E-state index in [0.717, 1.165) is 31.0 Å². The third-order valence-corrected chi connectivity index (χ3v) is 3.61. The van der Waals surface area contributed by atoms with Gasteiger partial charge in [-0.15, -0.1) is 10.2 Å². The minimum absolute atomic E-state index is 0.143. The molecule has 0 saturated carbocycles. The van der Waals surface area contributed by atoms with E-state index in [1.165, 1.54) is 7.11 Å². The van der Waals surface area contributed by atoms with Gasteiger partial charge in [0.2, 0.25) is 5.88 Å². The number of ether oxygens (including phenoxy) is 1. The molecule has 0 atom stereocenters. The molecule has 3 rings (SSSR count). The highest BCUT2D eigenvalue weighted by molar-refractivity contribution is 5.96. The van der Waals surface area contributed by atoms with Crippen LogP contribution < -0.4 is 4.74 Å². The number of amides is 1. The second-order valence-electron chi connectivity index (χ2n) is 5.01. The van der Waals surface area contributed by atoms with E-state index in [2.05, 4.69) is 19.7 Å². The summed E-state index contributed by atoms with van der Waals surface area (Å²) in [5.41, 5.74) is 0.448. The Kier molecular flexibility index (Phi) is 3.55. The number of aromatic nitrogens is 4. The average Bonchev–Trinajstić information content (AvgIpc) is 3.11. The van der Waals surface area contributed by atoms with Gasteiger partial charge in [0.05, 0.1) is 13.7 Å². The zero-order valence-corrected chi connectivity index (χ0v) is 12.1. The molecule has 1 aliphatic rings. The molecule has 0 aromatic carbocycles. The number of fused-ring (bicyclic) bond motifs is 1. The summed E-state index contributed by atoms with van der Waals surface area (Å²) >= 11 is 0. The average molecular weight is 287 g/mol. The Morgan fingerprint density at radius 3 is 3.14 bits per heavy atom. The molecule has 0 saturated heterocycles. The van der Waals surface area contributed by atoms with Crippen molar-refractivity contribution in [3.05, 3.63) is 35.5 Å². The minimum Gasteiger partial charge on any atom is -0.480 e. The van der Waals surface area contributed by atoms with E-state index in [-0.39, 0.29) is 5.91 Å². The highest BCUT2D eigenvalue weighted by atomic mass is 16.5. The van der Waals surface area contributed by atoms with Crippen LogP contribution in [-0.4, -0.2) is 44.7 Å². The van der Waals surface area contributed by atoms with Gasteiger partial charge in [-0.1, -0.05) is 0 Å². The van der Waals surface area contributed by atoms with Crippen molar-refractivity contribution in [2.75, 3.05) is 14.2 Å². The summed E-state index contributed by atoms with van der Waals surface area (Å²) in [7, 11) is 3.25. The zero-order valence-electron chi connectivity index (χ0n) is 12.1. The van der Waals surface area contributed by atoms with Crippen LogP contribution in [0.3, 0.4) is 0 Å². The van der Waals surface area contributed by atoms with Crippen LogP contribution in [0.5, 0.6) is 5.88 Å². The lowest BCUT2D eigenvalue weighted by Crippen LogP contribution is -2.28. The Hall–Kier alpha value is -2.44. The van der Waals surface area contributed by atoms with Crippen LogP contribution in [0.25, 0.3) is 0 Å². The molecule has 0 spiro atoms. The van der Waals surface area contributed by atoms with Gasteiger partial charge >= 0.3 is 0 Å². The third-order valence-electron chi connectivity index (χ3n) is 3.61. The van der Waals surface area contributed by atoms with Crippen molar-refractivity contribution < 1.29 is 9.53 Å². The van der Waals surface area contributed by atoms with E-state index < -0.39 is 0 Å². The molecular weight excluding hydrogens is 270 g/mol. The molecule has 1 amide bonds. The molecule has 110 valence electrons. The van der Waals surface area contributed by atoms with Crippen LogP contribution in [-0.2, 0) is 19.5 Å². The van der Waals surface area contributed by atoms with Crippen LogP contribution in [0.2, 0.25) is 0 Å². The topological polar surface area (TPSA) is 73.1 Å². The number of carbonyl (C=O) groups excluding carboxylic acids is 1. The monoisotopic (exact) mass is 287 g/mol. The molecule has 0 bridgehead atoms. The lowest BCUT2D eigenvalue weighted by molar-refractivity contribution is 0.0776. The number of nitrogens with zero attached hydrogens (tertiary/aromatic N) is 5. The maximum atomic E-state index is 12.5. The summed E-state index contributed by atoms with van der Waals surface area (Å²) in [6.07, 6.45) is 3.65. The first-order chi connectivity index (χ1) is 10.2. The normalized spacial score (nSPS) is 13.0. The number of carbonyl (C=O) groups is 1. The maximum absolute atomic E-state index is 12.5. The number of hydrogen-bond acceptors (Lipinski definition) is 5. The molecule has 2 aromatic heterocycles. The standard InChI is InChI=1S/C14H17N5O2/c1-18(9-12-17-16-11-6-4-8-19(11)12)14(20)10-5-3-7-15-13(10)21-2/h3,5,7H,4,6,8-9H2,1-2H3. The number of pyridine rings is 1. The largest absolute Gasteiger partial charge is 0.480 e. The molecule has 0 fully saturated rings. The second-order valence-corrected chi connectivity index (χ2v) is 5.01. The van der Waals surface area contributed by atoms with E-state index in [4.69, 9.17) is 4.74 Å². The summed E-state index contributed by atoms with van der Waals surface area (Å²) in [6.45, 7) is 1.35. The SMILES string of the molecule is COc1ncccc1C(=O)N(C)Cc1nnc2n1CCC2. The molecule has 2 aromatic rings. The first-order valence-electron chi connectivity index (χ1n) is 6.86. The van der Waals surface area contributed by atoms with Crippen molar-refractivity contribution in [3.63, 3.8) is 0 Å². The molecule has 0 radical (unpaired) electrons. The summed E-state index contributed by atoms with van der Waals surface area (Å²) in [6, 6.07) is 3.43. The van der Waals surface area contributed by atoms with Gasteiger partial charge in [-0.3, -0.25) is 4.79 Å². The Balaban J connectivity index is 1.78. The first-order valence-corrected chi connectivity index (χ1v) is 6.86. The molecular formula is C14H17N5O2. The molecule has 7 nitrogen and oxygen atoms in total. The summed E-state index contributed by atoms with van der Waals surface area (Å²) in [5, 5.41) is 8.32. The van der Waals surface area contributed by atoms with Gasteiger partial charge < -0.3 is 14.2 Å². The van der Waals surface area contributed by atoms with Gasteiger partial charge in [-0.05, 0) is 18.6 Å². The van der Waals surface area contributed by atoms with Gasteiger partial charge in [0.15, 0.2) is 5.82 Å². The number of hydrogen-bond donors (Lipinski definition) is 0. The van der Waals surface area contributed by atoms with Crippen molar-refractivity contribution in [3.8, 4) is 5.88 Å². The van der Waals surface area contributed by atoms with E-state index in [1.54, 1.807) is 30.3 Å². The fraction of sp³-hybridized carbons (Fsp3) is 0.429. The molecule has 21 heavy (non-hydrogen) atoms. The summed E-state index contributed by atoms with van der Waals surface area (Å²) < 4.78 is 7.22. The fourth-order valence-corrected chi connectivity index (χ4v) is 2.53. The molecule has 0 unspecified atom stereocenters. The second kappa shape index (κ2) is 5.51. The van der Waals surface area contributed by atoms with Crippen molar-refractivity contribution in [1.82, 2.24) is 24.6 Å². The fourth-order valence-electron chi connectivity index (χ4n) is 2.53. The maximum Gasteiger partial charge on any atom is 0.259 e. The molecule has 1 aliphatic heterocycles. The van der Waals surface area contributed by atoms with Crippen molar-refractivity contribution in [1.29, 1.82) is 0 Å². The van der Waals surface area contributed by atoms with Crippen molar-refractivity contribution in [2.24, 2.45) is 0 Å². The van der Waals surface area contributed by atoms with E-state index >= 15 is 0 Å². The zero-order chi connectivity index (χ0) is 14.8. The number of aryl methyl sites for hydroxylation is 1. The van der Waals surface area contributed by atoms with E-state index in [9.17, 15) is 4.79 Å². The smallest absolute Gasteiger partial charge is 0.259 e. The highest BCUT2D eigenvalue weighted by Gasteiger charge is 2.22. The Labute approximate surface area is 122 Å². The third kappa shape index (κ3) is 2.46. The van der Waals surface area contributed by atoms with Crippen LogP contribution >= 0.6 is 0 Å². The predicted octanol–water partition coefficient (Wildman–Crippen LogP) is 0.900. The van der Waals surface area contributed by atoms with Gasteiger partial charge in [0, 0.05) is 26.2 Å². The predicted molar refractivity (Wildman–Crippen MR) is 74.9 cm³/mol. The first kappa shape index (κ1) is 13.5. The van der Waals surface area contributed by atoms with Crippen LogP contribution in [0.1, 0.15) is 28.4 Å². The van der Waals surface area contributed by atoms with Gasteiger partial charge in [-0.25, -0.2) is 4.98 Å². The number of methoxy groups -OCH3 is 1. The van der Waals surface area contributed by atoms with Gasteiger partial charge in [0.1, 0.15) is 11.4 Å². The van der Waals surface area contributed by atoms with Crippen LogP contribution in [0, 0.1) is 0 Å². The lowest BCUT2D eigenvalue weighted by atomic mass is 10.2. The molecule has 3 heterocycles. The number of rotatable bonds is 4. The summed E-state index contributed by atoms with van der Waals surface area (Å²) in [5.74, 6) is 2.02. The highest BCUT2D eigenvalue weighted by Crippen LogP contribution is 2.18. The Morgan fingerprint density at radius 1 is 1.48 bits per heavy atom. The quantitative estimate of drug-likeness (QED) is 0.835. The van der Waals surface area contributed by atoms with Crippen LogP contribution in [0.4, 0.5) is 0 Å². The Bertz CT molecular complexity index is 667. The summed E-state index contributed by atoms with van der Waals surface area (Å²) in [4.78, 5) is 18.2. The van der Waals surface area contributed by atoms with Crippen molar-refractivity contribution in [2.45, 2.75) is 25.9 Å². The van der Waals surface area contributed by atoms with Gasteiger partial charge in [-0.2, -0.15) is 0 Å². The minimum atomic E-state index is -0.143. The van der Waals surface area contributed by atoms with E-state index in [0.29, 0.717) is 18.0 Å². The van der Waals surface area contributed by atoms with Gasteiger partial charge in [0.25, 0.3) is 5.91 Å². The Morgan fingerprint density at radius 2 is 2.33 bits per heavy atom.